The lowest BCUT2D eigenvalue weighted by atomic mass is 9.63. The van der Waals surface area contributed by atoms with E-state index in [1.54, 1.807) is 0 Å². The number of allylic oxidation sites excluding steroid dienone is 4. The van der Waals surface area contributed by atoms with Crippen molar-refractivity contribution in [1.82, 2.24) is 0 Å². The van der Waals surface area contributed by atoms with Crippen LogP contribution in [0.25, 0.3) is 33.4 Å². The molecule has 0 N–H and O–H groups in total. The summed E-state index contributed by atoms with van der Waals surface area (Å²) in [6, 6.07) is 39.2. The van der Waals surface area contributed by atoms with Crippen LogP contribution in [0.2, 0.25) is 0 Å². The van der Waals surface area contributed by atoms with E-state index in [9.17, 15) is 0 Å². The van der Waals surface area contributed by atoms with Gasteiger partial charge in [-0.3, -0.25) is 0 Å². The van der Waals surface area contributed by atoms with Crippen LogP contribution >= 0.6 is 0 Å². The van der Waals surface area contributed by atoms with Crippen molar-refractivity contribution in [1.29, 1.82) is 0 Å². The van der Waals surface area contributed by atoms with Gasteiger partial charge in [-0.1, -0.05) is 156 Å². The molecule has 0 radical (unpaired) electrons. The van der Waals surface area contributed by atoms with E-state index in [1.807, 2.05) is 0 Å². The standard InChI is InChI=1S/C47H48/c1-31-23-25-36(26-24-31)47(8,35-21-15-16-22-35)44-40-28-34-27-38(32-17-11-9-12-18-32)41(45(2,3)4)29-37(34)39(40)30-42(46(5,6)7)43(44)33-19-13-10-14-20-33/h9-21,23-27,29-30H,22,28H2,1-8H3. The molecule has 0 bridgehead atoms. The first-order chi connectivity index (χ1) is 22.4. The lowest BCUT2D eigenvalue weighted by Crippen LogP contribution is -2.30. The van der Waals surface area contributed by atoms with Gasteiger partial charge in [-0.25, -0.2) is 0 Å². The van der Waals surface area contributed by atoms with Crippen LogP contribution in [-0.4, -0.2) is 0 Å². The van der Waals surface area contributed by atoms with E-state index in [2.05, 4.69) is 177 Å². The minimum Gasteiger partial charge on any atom is -0.0804 e. The van der Waals surface area contributed by atoms with Gasteiger partial charge < -0.3 is 0 Å². The highest BCUT2D eigenvalue weighted by Crippen LogP contribution is 2.55. The van der Waals surface area contributed by atoms with E-state index < -0.39 is 0 Å². The Labute approximate surface area is 282 Å². The third-order valence-electron chi connectivity index (χ3n) is 10.6. The smallest absolute Gasteiger partial charge is 0.0398 e. The largest absolute Gasteiger partial charge is 0.0804 e. The second-order valence-electron chi connectivity index (χ2n) is 16.0. The highest BCUT2D eigenvalue weighted by atomic mass is 14.4. The van der Waals surface area contributed by atoms with Crippen LogP contribution in [0, 0.1) is 6.92 Å². The summed E-state index contributed by atoms with van der Waals surface area (Å²) < 4.78 is 0. The highest BCUT2D eigenvalue weighted by Gasteiger charge is 2.42. The Bertz CT molecular complexity index is 2020. The predicted octanol–water partition coefficient (Wildman–Crippen LogP) is 12.7. The van der Waals surface area contributed by atoms with Gasteiger partial charge in [0.05, 0.1) is 0 Å². The Kier molecular flexibility index (Phi) is 7.55. The van der Waals surface area contributed by atoms with Crippen molar-refractivity contribution in [2.45, 2.75) is 84.5 Å². The second kappa shape index (κ2) is 11.4. The Morgan fingerprint density at radius 3 is 1.74 bits per heavy atom. The van der Waals surface area contributed by atoms with Crippen LogP contribution in [0.5, 0.6) is 0 Å². The third kappa shape index (κ3) is 5.33. The Hall–Kier alpha value is -4.42. The maximum atomic E-state index is 2.57. The van der Waals surface area contributed by atoms with E-state index in [0.717, 1.165) is 12.8 Å². The SMILES string of the molecule is Cc1ccc(C(C)(C2=CC=CC2)c2c3c(cc(C(C)(C)C)c2-c2ccccc2)-c2cc(C(C)(C)C)c(-c4ccccc4)cc2C3)cc1. The van der Waals surface area contributed by atoms with E-state index in [0.29, 0.717) is 0 Å². The Balaban J connectivity index is 1.62. The topological polar surface area (TPSA) is 0 Å². The lowest BCUT2D eigenvalue weighted by molar-refractivity contribution is 0.586. The molecular formula is C47H48. The third-order valence-corrected chi connectivity index (χ3v) is 10.6. The number of rotatable bonds is 5. The number of hydrogen-bond acceptors (Lipinski definition) is 0. The van der Waals surface area contributed by atoms with E-state index in [-0.39, 0.29) is 16.2 Å². The van der Waals surface area contributed by atoms with Gasteiger partial charge in [-0.05, 0) is 122 Å². The molecule has 2 aliphatic carbocycles. The molecular weight excluding hydrogens is 565 g/mol. The first-order valence-electron chi connectivity index (χ1n) is 17.3. The minimum absolute atomic E-state index is 0.000629. The van der Waals surface area contributed by atoms with Crippen molar-refractivity contribution < 1.29 is 0 Å². The quantitative estimate of drug-likeness (QED) is 0.182. The Morgan fingerprint density at radius 1 is 0.574 bits per heavy atom. The van der Waals surface area contributed by atoms with Gasteiger partial charge in [-0.15, -0.1) is 0 Å². The summed E-state index contributed by atoms with van der Waals surface area (Å²) in [6.07, 6.45) is 8.86. The number of fused-ring (bicyclic) bond motifs is 3. The molecule has 0 saturated heterocycles. The average Bonchev–Trinajstić information content (AvgIpc) is 3.72. The molecule has 0 fully saturated rings. The van der Waals surface area contributed by atoms with E-state index >= 15 is 0 Å². The molecule has 0 heterocycles. The molecule has 7 rings (SSSR count). The monoisotopic (exact) mass is 612 g/mol. The van der Waals surface area contributed by atoms with Crippen LogP contribution in [0.3, 0.4) is 0 Å². The maximum absolute atomic E-state index is 2.57. The highest BCUT2D eigenvalue weighted by molar-refractivity contribution is 5.90. The van der Waals surface area contributed by atoms with Crippen LogP contribution in [-0.2, 0) is 22.7 Å². The summed E-state index contributed by atoms with van der Waals surface area (Å²) in [5.41, 5.74) is 19.1. The molecule has 1 atom stereocenters. The first-order valence-corrected chi connectivity index (χ1v) is 17.3. The van der Waals surface area contributed by atoms with Crippen molar-refractivity contribution in [2.24, 2.45) is 0 Å². The van der Waals surface area contributed by atoms with Crippen LogP contribution in [0.15, 0.2) is 127 Å². The molecule has 0 aliphatic heterocycles. The first kappa shape index (κ1) is 31.2. The van der Waals surface area contributed by atoms with Crippen molar-refractivity contribution >= 4 is 0 Å². The number of aryl methyl sites for hydroxylation is 1. The molecule has 0 amide bonds. The molecule has 5 aromatic carbocycles. The molecule has 0 spiro atoms. The lowest BCUT2D eigenvalue weighted by Gasteiger charge is -2.39. The normalized spacial score (nSPS) is 15.3. The van der Waals surface area contributed by atoms with Crippen molar-refractivity contribution in [3.8, 4) is 33.4 Å². The van der Waals surface area contributed by atoms with E-state index in [1.165, 1.54) is 77.9 Å². The summed E-state index contributed by atoms with van der Waals surface area (Å²) in [5.74, 6) is 0. The van der Waals surface area contributed by atoms with Crippen molar-refractivity contribution in [3.05, 3.63) is 166 Å². The van der Waals surface area contributed by atoms with Crippen molar-refractivity contribution in [2.75, 3.05) is 0 Å². The minimum atomic E-state index is -0.315. The van der Waals surface area contributed by atoms with Crippen LogP contribution in [0.4, 0.5) is 0 Å². The zero-order valence-corrected chi connectivity index (χ0v) is 29.5. The Morgan fingerprint density at radius 2 is 1.17 bits per heavy atom. The fourth-order valence-electron chi connectivity index (χ4n) is 8.10. The molecule has 0 aromatic heterocycles. The van der Waals surface area contributed by atoms with Crippen LogP contribution in [0.1, 0.15) is 93.8 Å². The summed E-state index contributed by atoms with van der Waals surface area (Å²) in [5, 5.41) is 0. The summed E-state index contributed by atoms with van der Waals surface area (Å²) in [7, 11) is 0. The molecule has 236 valence electrons. The average molecular weight is 613 g/mol. The summed E-state index contributed by atoms with van der Waals surface area (Å²) in [6.45, 7) is 18.9. The number of hydrogen-bond donors (Lipinski definition) is 0. The van der Waals surface area contributed by atoms with Gasteiger partial charge in [0.25, 0.3) is 0 Å². The predicted molar refractivity (Wildman–Crippen MR) is 202 cm³/mol. The molecule has 0 saturated carbocycles. The fourth-order valence-corrected chi connectivity index (χ4v) is 8.10. The molecule has 1 unspecified atom stereocenters. The van der Waals surface area contributed by atoms with Crippen molar-refractivity contribution in [3.63, 3.8) is 0 Å². The zero-order valence-electron chi connectivity index (χ0n) is 29.5. The fraction of sp³-hybridized carbons (Fsp3) is 0.277. The summed E-state index contributed by atoms with van der Waals surface area (Å²) >= 11 is 0. The van der Waals surface area contributed by atoms with E-state index in [4.69, 9.17) is 0 Å². The van der Waals surface area contributed by atoms with Gasteiger partial charge in [0.2, 0.25) is 0 Å². The number of benzene rings is 5. The van der Waals surface area contributed by atoms with Gasteiger partial charge in [0.15, 0.2) is 0 Å². The van der Waals surface area contributed by atoms with Gasteiger partial charge in [0, 0.05) is 5.41 Å². The zero-order chi connectivity index (χ0) is 33.1. The molecule has 5 aromatic rings. The van der Waals surface area contributed by atoms with Crippen LogP contribution < -0.4 is 0 Å². The molecule has 0 heteroatoms. The molecule has 0 nitrogen and oxygen atoms in total. The van der Waals surface area contributed by atoms with Gasteiger partial charge >= 0.3 is 0 Å². The van der Waals surface area contributed by atoms with Gasteiger partial charge in [0.1, 0.15) is 0 Å². The molecule has 2 aliphatic rings. The van der Waals surface area contributed by atoms with Gasteiger partial charge in [-0.2, -0.15) is 0 Å². The summed E-state index contributed by atoms with van der Waals surface area (Å²) in [4.78, 5) is 0. The second-order valence-corrected chi connectivity index (χ2v) is 16.0. The maximum Gasteiger partial charge on any atom is 0.0398 e. The molecule has 47 heavy (non-hydrogen) atoms.